The van der Waals surface area contributed by atoms with E-state index in [0.717, 1.165) is 6.20 Å². The van der Waals surface area contributed by atoms with Gasteiger partial charge in [0.05, 0.1) is 36.2 Å². The van der Waals surface area contributed by atoms with Crippen LogP contribution in [0.3, 0.4) is 0 Å². The van der Waals surface area contributed by atoms with Crippen molar-refractivity contribution in [3.8, 4) is 22.7 Å². The molecule has 0 radical (unpaired) electrons. The lowest BCUT2D eigenvalue weighted by atomic mass is 10.0. The van der Waals surface area contributed by atoms with Crippen LogP contribution in [-0.4, -0.2) is 47.9 Å². The van der Waals surface area contributed by atoms with Crippen molar-refractivity contribution in [1.82, 2.24) is 34.6 Å². The van der Waals surface area contributed by atoms with E-state index >= 15 is 0 Å². The zero-order valence-electron chi connectivity index (χ0n) is 21.7. The van der Waals surface area contributed by atoms with Crippen LogP contribution in [0, 0.1) is 12.7 Å². The van der Waals surface area contributed by atoms with E-state index in [1.54, 1.807) is 38.1 Å². The predicted molar refractivity (Wildman–Crippen MR) is 142 cm³/mol. The Kier molecular flexibility index (Phi) is 5.93. The van der Waals surface area contributed by atoms with E-state index in [-0.39, 0.29) is 29.5 Å². The monoisotopic (exact) mass is 545 g/mol. The van der Waals surface area contributed by atoms with Crippen LogP contribution in [0.2, 0.25) is 0 Å². The molecular weight excluding hydrogens is 521 g/mol. The summed E-state index contributed by atoms with van der Waals surface area (Å²) < 4.78 is 27.7. The van der Waals surface area contributed by atoms with Gasteiger partial charge in [0.2, 0.25) is 5.88 Å². The third kappa shape index (κ3) is 4.19. The van der Waals surface area contributed by atoms with Gasteiger partial charge in [0.25, 0.3) is 5.91 Å². The maximum Gasteiger partial charge on any atom is 0.446 e. The number of rotatable bonds is 2. The molecule has 0 saturated carbocycles. The fraction of sp³-hybridized carbons (Fsp3) is 0.231. The number of carbonyl (C=O) groups excluding carboxylic acids is 1. The second-order valence-electron chi connectivity index (χ2n) is 9.44. The van der Waals surface area contributed by atoms with Crippen LogP contribution in [-0.2, 0) is 0 Å². The molecule has 14 heteroatoms. The highest BCUT2D eigenvalue weighted by Gasteiger charge is 2.25. The van der Waals surface area contributed by atoms with E-state index in [2.05, 4.69) is 25.9 Å². The van der Waals surface area contributed by atoms with Gasteiger partial charge in [-0.05, 0) is 44.5 Å². The number of carbonyl (C=O) groups is 1. The first-order valence-corrected chi connectivity index (χ1v) is 12.4. The summed E-state index contributed by atoms with van der Waals surface area (Å²) in [5.41, 5.74) is 9.21. The van der Waals surface area contributed by atoms with Crippen molar-refractivity contribution < 1.29 is 18.4 Å². The molecule has 0 saturated heterocycles. The average Bonchev–Trinajstić information content (AvgIpc) is 3.51. The summed E-state index contributed by atoms with van der Waals surface area (Å²) in [6.45, 7) is 5.40. The molecular formula is C26H24FN9O4. The van der Waals surface area contributed by atoms with Crippen molar-refractivity contribution >= 4 is 23.2 Å². The van der Waals surface area contributed by atoms with Crippen LogP contribution in [0.5, 0.6) is 5.88 Å². The number of nitrogens with one attached hydrogen (secondary N) is 2. The molecule has 4 aromatic heterocycles. The van der Waals surface area contributed by atoms with Gasteiger partial charge in [0.1, 0.15) is 29.1 Å². The minimum atomic E-state index is -0.611. The largest absolute Gasteiger partial charge is 0.473 e. The molecule has 0 fully saturated rings. The Hall–Kier alpha value is -5.27. The molecule has 1 aromatic carbocycles. The number of ether oxygens (including phenoxy) is 1. The Morgan fingerprint density at radius 1 is 1.15 bits per heavy atom. The summed E-state index contributed by atoms with van der Waals surface area (Å²) >= 11 is 0. The van der Waals surface area contributed by atoms with Gasteiger partial charge in [-0.1, -0.05) is 17.3 Å². The highest BCUT2D eigenvalue weighted by atomic mass is 19.1. The van der Waals surface area contributed by atoms with Gasteiger partial charge in [0.15, 0.2) is 11.5 Å². The zero-order chi connectivity index (χ0) is 28.1. The quantitative estimate of drug-likeness (QED) is 0.300. The van der Waals surface area contributed by atoms with Gasteiger partial charge in [-0.15, -0.1) is 0 Å². The van der Waals surface area contributed by atoms with Crippen molar-refractivity contribution in [1.29, 1.82) is 0 Å². The maximum atomic E-state index is 14.3. The lowest BCUT2D eigenvalue weighted by Crippen LogP contribution is -2.34. The number of fused-ring (bicyclic) bond motifs is 2. The van der Waals surface area contributed by atoms with Gasteiger partial charge in [0, 0.05) is 5.56 Å². The summed E-state index contributed by atoms with van der Waals surface area (Å²) in [4.78, 5) is 34.0. The highest BCUT2D eigenvalue weighted by molar-refractivity contribution is 6.01. The van der Waals surface area contributed by atoms with Crippen LogP contribution < -0.4 is 26.9 Å². The number of nitrogen functional groups attached to an aromatic ring is 1. The fourth-order valence-electron chi connectivity index (χ4n) is 4.65. The molecule has 1 aliphatic heterocycles. The SMILES string of the molecule is Cc1noc(=O)n1-c1ccc(-c2c3nc4c(cnn4c2N)C(=O)NC[C@H](C)Oc2ncc(F)cc2[C@@H](C)N3)cc1. The molecule has 0 spiro atoms. The summed E-state index contributed by atoms with van der Waals surface area (Å²) in [6, 6.07) is 7.75. The number of amides is 1. The first kappa shape index (κ1) is 25.0. The summed E-state index contributed by atoms with van der Waals surface area (Å²) in [5.74, 6) is -0.402. The molecule has 4 N–H and O–H groups in total. The average molecular weight is 546 g/mol. The Morgan fingerprint density at radius 3 is 2.65 bits per heavy atom. The van der Waals surface area contributed by atoms with E-state index in [4.69, 9.17) is 20.0 Å². The van der Waals surface area contributed by atoms with Gasteiger partial charge in [-0.3, -0.25) is 9.32 Å². The summed E-state index contributed by atoms with van der Waals surface area (Å²) in [7, 11) is 0. The number of benzene rings is 1. The first-order chi connectivity index (χ1) is 19.2. The smallest absolute Gasteiger partial charge is 0.446 e. The number of nitrogens with zero attached hydrogens (tertiary/aromatic N) is 6. The van der Waals surface area contributed by atoms with Crippen LogP contribution in [0.1, 0.15) is 41.6 Å². The second-order valence-corrected chi connectivity index (χ2v) is 9.44. The van der Waals surface area contributed by atoms with E-state index in [0.29, 0.717) is 34.0 Å². The number of aromatic nitrogens is 6. The maximum absolute atomic E-state index is 14.3. The van der Waals surface area contributed by atoms with Crippen LogP contribution in [0.15, 0.2) is 52.0 Å². The van der Waals surface area contributed by atoms with Crippen LogP contribution in [0.25, 0.3) is 22.5 Å². The van der Waals surface area contributed by atoms with E-state index < -0.39 is 29.6 Å². The molecule has 5 aromatic rings. The molecule has 204 valence electrons. The van der Waals surface area contributed by atoms with Crippen molar-refractivity contribution in [2.45, 2.75) is 32.9 Å². The van der Waals surface area contributed by atoms with E-state index in [1.807, 2.05) is 6.92 Å². The number of anilines is 2. The number of hydrogen-bond acceptors (Lipinski definition) is 10. The lowest BCUT2D eigenvalue weighted by Gasteiger charge is -2.22. The normalized spacial score (nSPS) is 17.2. The topological polar surface area (TPSA) is 167 Å². The Balaban J connectivity index is 1.53. The third-order valence-corrected chi connectivity index (χ3v) is 6.63. The summed E-state index contributed by atoms with van der Waals surface area (Å²) in [5, 5.41) is 14.1. The molecule has 6 rings (SSSR count). The Bertz CT molecular complexity index is 1830. The van der Waals surface area contributed by atoms with E-state index in [9.17, 15) is 14.0 Å². The molecule has 40 heavy (non-hydrogen) atoms. The Labute approximate surface area is 225 Å². The Morgan fingerprint density at radius 2 is 1.93 bits per heavy atom. The minimum absolute atomic E-state index is 0.165. The number of nitrogens with two attached hydrogens (primary N) is 1. The van der Waals surface area contributed by atoms with Crippen molar-refractivity contribution in [2.24, 2.45) is 0 Å². The molecule has 1 aliphatic rings. The van der Waals surface area contributed by atoms with Crippen molar-refractivity contribution in [2.75, 3.05) is 17.6 Å². The van der Waals surface area contributed by atoms with Crippen LogP contribution in [0.4, 0.5) is 16.0 Å². The number of halogens is 1. The molecule has 1 amide bonds. The minimum Gasteiger partial charge on any atom is -0.473 e. The highest BCUT2D eigenvalue weighted by Crippen LogP contribution is 2.37. The van der Waals surface area contributed by atoms with Gasteiger partial charge in [-0.25, -0.2) is 23.7 Å². The first-order valence-electron chi connectivity index (χ1n) is 12.4. The molecule has 5 heterocycles. The van der Waals surface area contributed by atoms with Crippen LogP contribution >= 0.6 is 0 Å². The third-order valence-electron chi connectivity index (χ3n) is 6.63. The van der Waals surface area contributed by atoms with Gasteiger partial charge < -0.3 is 21.1 Å². The zero-order valence-corrected chi connectivity index (χ0v) is 21.7. The molecule has 0 unspecified atom stereocenters. The number of pyridine rings is 1. The molecule has 2 bridgehead atoms. The summed E-state index contributed by atoms with van der Waals surface area (Å²) in [6.07, 6.45) is 2.01. The predicted octanol–water partition coefficient (Wildman–Crippen LogP) is 2.64. The number of aryl methyl sites for hydroxylation is 1. The fourth-order valence-corrected chi connectivity index (χ4v) is 4.65. The van der Waals surface area contributed by atoms with Gasteiger partial charge in [-0.2, -0.15) is 9.61 Å². The van der Waals surface area contributed by atoms with Crippen molar-refractivity contribution in [3.63, 3.8) is 0 Å². The second kappa shape index (κ2) is 9.48. The molecule has 13 nitrogen and oxygen atoms in total. The standard InChI is InChI=1S/C26H24FN9O4/c1-12-9-29-24(37)19-11-31-36-21(28)20(15-4-6-17(7-5-15)35-14(3)34-40-26(35)38)22(33-23(19)36)32-13(2)18-8-16(27)10-30-25(18)39-12/h4-8,10-13H,9,28H2,1-3H3,(H,29,37)(H,32,33)/t12-,13+/m0/s1. The lowest BCUT2D eigenvalue weighted by molar-refractivity contribution is 0.0932. The van der Waals surface area contributed by atoms with Gasteiger partial charge >= 0.3 is 5.76 Å². The molecule has 2 atom stereocenters. The van der Waals surface area contributed by atoms with E-state index in [1.165, 1.54) is 21.3 Å². The number of hydrogen-bond donors (Lipinski definition) is 3. The van der Waals surface area contributed by atoms with Crippen molar-refractivity contribution in [3.05, 3.63) is 76.0 Å². The molecule has 0 aliphatic carbocycles.